The number of esters is 2. The van der Waals surface area contributed by atoms with Crippen molar-refractivity contribution in [2.24, 2.45) is 0 Å². The Balaban J connectivity index is 4.08. The number of hydrogen-bond acceptors (Lipinski definition) is 7. The second-order valence-electron chi connectivity index (χ2n) is 8.85. The summed E-state index contributed by atoms with van der Waals surface area (Å²) in [5.74, 6) is -3.58. The molecule has 0 aromatic rings. The Morgan fingerprint density at radius 1 is 0.806 bits per heavy atom. The van der Waals surface area contributed by atoms with Crippen LogP contribution >= 0.6 is 0 Å². The fourth-order valence-electron chi connectivity index (χ4n) is 2.16. The van der Waals surface area contributed by atoms with Gasteiger partial charge in [-0.25, -0.2) is 14.4 Å². The van der Waals surface area contributed by atoms with Gasteiger partial charge >= 0.3 is 23.9 Å². The van der Waals surface area contributed by atoms with E-state index < -0.39 is 41.1 Å². The molecule has 0 aliphatic carbocycles. The van der Waals surface area contributed by atoms with Gasteiger partial charge in [-0.1, -0.05) is 0 Å². The van der Waals surface area contributed by atoms with Gasteiger partial charge in [0.1, 0.15) is 11.2 Å². The summed E-state index contributed by atoms with van der Waals surface area (Å²) < 4.78 is 10.1. The zero-order valence-electron chi connectivity index (χ0n) is 19.1. The van der Waals surface area contributed by atoms with E-state index in [-0.39, 0.29) is 38.3 Å². The molecule has 11 heteroatoms. The van der Waals surface area contributed by atoms with Crippen molar-refractivity contribution in [2.75, 3.05) is 13.1 Å². The molecule has 0 aliphatic rings. The lowest BCUT2D eigenvalue weighted by Gasteiger charge is -2.22. The topological polar surface area (TPSA) is 160 Å². The molecule has 11 nitrogen and oxygen atoms in total. The lowest BCUT2D eigenvalue weighted by atomic mass is 10.2. The van der Waals surface area contributed by atoms with Crippen LogP contribution in [0.25, 0.3) is 0 Å². The van der Waals surface area contributed by atoms with Crippen molar-refractivity contribution in [3.63, 3.8) is 0 Å². The molecule has 0 radical (unpaired) electrons. The van der Waals surface area contributed by atoms with Crippen molar-refractivity contribution in [1.29, 1.82) is 0 Å². The number of carbonyl (C=O) groups excluding carboxylic acids is 4. The number of carboxylic acid groups (broad SMARTS) is 1. The summed E-state index contributed by atoms with van der Waals surface area (Å²) in [4.78, 5) is 58.2. The van der Waals surface area contributed by atoms with E-state index in [1.807, 2.05) is 0 Å². The summed E-state index contributed by atoms with van der Waals surface area (Å²) in [6.45, 7) is 10.5. The highest BCUT2D eigenvalue weighted by Gasteiger charge is 2.32. The van der Waals surface area contributed by atoms with Gasteiger partial charge < -0.3 is 30.5 Å². The number of ether oxygens (including phenoxy) is 2. The minimum atomic E-state index is -1.80. The predicted octanol–water partition coefficient (Wildman–Crippen LogP) is 1.10. The Bertz CT molecular complexity index is 650. The van der Waals surface area contributed by atoms with Gasteiger partial charge in [0.25, 0.3) is 0 Å². The first-order valence-electron chi connectivity index (χ1n) is 10.1. The Hall–Kier alpha value is -2.85. The molecule has 1 unspecified atom stereocenters. The van der Waals surface area contributed by atoms with Gasteiger partial charge in [0, 0.05) is 25.9 Å². The van der Waals surface area contributed by atoms with Crippen LogP contribution in [-0.4, -0.2) is 65.3 Å². The van der Waals surface area contributed by atoms with Gasteiger partial charge in [0.15, 0.2) is 0 Å². The predicted molar refractivity (Wildman–Crippen MR) is 111 cm³/mol. The summed E-state index contributed by atoms with van der Waals surface area (Å²) in [7, 11) is 0. The average Bonchev–Trinajstić information content (AvgIpc) is 2.57. The molecule has 1 atom stereocenters. The van der Waals surface area contributed by atoms with E-state index in [0.717, 1.165) is 0 Å². The number of carboxylic acids is 1. The van der Waals surface area contributed by atoms with Crippen LogP contribution in [-0.2, 0) is 28.7 Å². The molecule has 0 fully saturated rings. The largest absolute Gasteiger partial charge is 0.479 e. The molecule has 0 saturated heterocycles. The number of rotatable bonds is 11. The summed E-state index contributed by atoms with van der Waals surface area (Å²) in [5.41, 5.74) is -1.44. The first-order chi connectivity index (χ1) is 14.1. The Labute approximate surface area is 182 Å². The Kier molecular flexibility index (Phi) is 11.6. The molecule has 31 heavy (non-hydrogen) atoms. The zero-order valence-corrected chi connectivity index (χ0v) is 19.1. The van der Waals surface area contributed by atoms with Crippen molar-refractivity contribution in [2.45, 2.75) is 84.5 Å². The summed E-state index contributed by atoms with van der Waals surface area (Å²) in [6, 6.07) is -2.25. The molecule has 0 aromatic carbocycles. The van der Waals surface area contributed by atoms with E-state index in [1.165, 1.54) is 0 Å². The molecule has 3 amide bonds. The van der Waals surface area contributed by atoms with Crippen LogP contribution in [0.1, 0.15) is 67.2 Å². The second-order valence-corrected chi connectivity index (χ2v) is 8.85. The molecule has 0 aromatic heterocycles. The molecule has 0 spiro atoms. The third-order valence-corrected chi connectivity index (χ3v) is 3.32. The maximum atomic E-state index is 11.9. The average molecular weight is 446 g/mol. The van der Waals surface area contributed by atoms with Crippen molar-refractivity contribution in [3.8, 4) is 0 Å². The van der Waals surface area contributed by atoms with Gasteiger partial charge in [0.05, 0.1) is 0 Å². The SMILES string of the molecule is CC(C)(C)OC(=O)CCCNC(=O)NCCCC(=O)NC(C(=O)O)C(=O)OC(C)(C)C. The molecule has 178 valence electrons. The minimum Gasteiger partial charge on any atom is -0.479 e. The van der Waals surface area contributed by atoms with Crippen LogP contribution in [0, 0.1) is 0 Å². The molecular weight excluding hydrogens is 410 g/mol. The van der Waals surface area contributed by atoms with E-state index >= 15 is 0 Å². The van der Waals surface area contributed by atoms with Gasteiger partial charge in [-0.15, -0.1) is 0 Å². The van der Waals surface area contributed by atoms with Crippen LogP contribution in [0.3, 0.4) is 0 Å². The first-order valence-corrected chi connectivity index (χ1v) is 10.1. The summed E-state index contributed by atoms with van der Waals surface area (Å²) in [5, 5.41) is 16.3. The van der Waals surface area contributed by atoms with E-state index in [4.69, 9.17) is 14.6 Å². The van der Waals surface area contributed by atoms with Gasteiger partial charge in [0.2, 0.25) is 11.9 Å². The maximum absolute atomic E-state index is 11.9. The van der Waals surface area contributed by atoms with E-state index in [2.05, 4.69) is 16.0 Å². The smallest absolute Gasteiger partial charge is 0.340 e. The highest BCUT2D eigenvalue weighted by Crippen LogP contribution is 2.09. The van der Waals surface area contributed by atoms with Crippen molar-refractivity contribution >= 4 is 29.8 Å². The third-order valence-electron chi connectivity index (χ3n) is 3.32. The number of urea groups is 1. The number of aliphatic carboxylic acids is 1. The van der Waals surface area contributed by atoms with Crippen LogP contribution < -0.4 is 16.0 Å². The van der Waals surface area contributed by atoms with E-state index in [9.17, 15) is 24.0 Å². The number of nitrogens with one attached hydrogen (secondary N) is 3. The fraction of sp³-hybridized carbons (Fsp3) is 0.750. The zero-order chi connectivity index (χ0) is 24.2. The standard InChI is InChI=1S/C20H35N3O8/c1-19(2,3)30-14(25)10-8-12-22-18(29)21-11-7-9-13(24)23-15(16(26)27)17(28)31-20(4,5)6/h15H,7-12H2,1-6H3,(H,23,24)(H,26,27)(H2,21,22,29). The first kappa shape index (κ1) is 28.1. The lowest BCUT2D eigenvalue weighted by Crippen LogP contribution is -2.49. The van der Waals surface area contributed by atoms with Gasteiger partial charge in [-0.3, -0.25) is 9.59 Å². The molecule has 0 saturated carbocycles. The van der Waals surface area contributed by atoms with Crippen LogP contribution in [0.15, 0.2) is 0 Å². The van der Waals surface area contributed by atoms with Crippen LogP contribution in [0.2, 0.25) is 0 Å². The van der Waals surface area contributed by atoms with E-state index in [1.54, 1.807) is 41.5 Å². The van der Waals surface area contributed by atoms with Crippen LogP contribution in [0.5, 0.6) is 0 Å². The molecular formula is C20H35N3O8. The normalized spacial score (nSPS) is 12.3. The Morgan fingerprint density at radius 2 is 1.29 bits per heavy atom. The van der Waals surface area contributed by atoms with E-state index in [0.29, 0.717) is 6.42 Å². The van der Waals surface area contributed by atoms with Crippen molar-refractivity contribution in [1.82, 2.24) is 16.0 Å². The number of amides is 3. The third kappa shape index (κ3) is 15.6. The monoisotopic (exact) mass is 445 g/mol. The summed E-state index contributed by atoms with van der Waals surface area (Å²) >= 11 is 0. The fourth-order valence-corrected chi connectivity index (χ4v) is 2.16. The molecule has 4 N–H and O–H groups in total. The number of carbonyl (C=O) groups is 5. The highest BCUT2D eigenvalue weighted by atomic mass is 16.6. The Morgan fingerprint density at radius 3 is 1.74 bits per heavy atom. The maximum Gasteiger partial charge on any atom is 0.340 e. The van der Waals surface area contributed by atoms with Crippen LogP contribution in [0.4, 0.5) is 4.79 Å². The van der Waals surface area contributed by atoms with Crippen molar-refractivity contribution in [3.05, 3.63) is 0 Å². The molecule has 0 bridgehead atoms. The second kappa shape index (κ2) is 12.8. The molecule has 0 rings (SSSR count). The van der Waals surface area contributed by atoms with Gasteiger partial charge in [-0.2, -0.15) is 0 Å². The van der Waals surface area contributed by atoms with Crippen molar-refractivity contribution < 1.29 is 38.6 Å². The quantitative estimate of drug-likeness (QED) is 0.209. The van der Waals surface area contributed by atoms with Gasteiger partial charge in [-0.05, 0) is 54.4 Å². The lowest BCUT2D eigenvalue weighted by molar-refractivity contribution is -0.164. The molecule has 0 aliphatic heterocycles. The number of hydrogen-bond donors (Lipinski definition) is 4. The summed E-state index contributed by atoms with van der Waals surface area (Å²) in [6.07, 6.45) is 0.745. The highest BCUT2D eigenvalue weighted by molar-refractivity contribution is 6.01. The minimum absolute atomic E-state index is 0.0918. The molecule has 0 heterocycles.